The highest BCUT2D eigenvalue weighted by molar-refractivity contribution is 5.47. The van der Waals surface area contributed by atoms with Gasteiger partial charge in [-0.1, -0.05) is 0 Å². The molecule has 1 aromatic rings. The molecule has 1 aliphatic heterocycles. The van der Waals surface area contributed by atoms with Crippen molar-refractivity contribution >= 4 is 5.69 Å². The number of hydrogen-bond donors (Lipinski definition) is 2. The number of nitrogens with zero attached hydrogens (tertiary/aromatic N) is 1. The van der Waals surface area contributed by atoms with Crippen molar-refractivity contribution in [2.24, 2.45) is 0 Å². The van der Waals surface area contributed by atoms with Crippen molar-refractivity contribution in [1.82, 2.24) is 4.98 Å². The van der Waals surface area contributed by atoms with Crippen LogP contribution in [0.15, 0.2) is 18.5 Å². The molecular weight excluding hydrogens is 192 g/mol. The van der Waals surface area contributed by atoms with Gasteiger partial charge in [0.2, 0.25) is 0 Å². The Morgan fingerprint density at radius 1 is 1.40 bits per heavy atom. The van der Waals surface area contributed by atoms with Crippen molar-refractivity contribution in [3.63, 3.8) is 0 Å². The second-order valence-electron chi connectivity index (χ2n) is 3.96. The molecule has 1 fully saturated rings. The fraction of sp³-hybridized carbons (Fsp3) is 0.545. The van der Waals surface area contributed by atoms with E-state index in [0.29, 0.717) is 31.7 Å². The average Bonchev–Trinajstić information content (AvgIpc) is 2.44. The molecule has 0 aromatic carbocycles. The maximum absolute atomic E-state index is 10.5. The molecule has 1 saturated heterocycles. The van der Waals surface area contributed by atoms with Gasteiger partial charge in [-0.05, 0) is 18.9 Å². The lowest BCUT2D eigenvalue weighted by molar-refractivity contribution is 0.0148. The smallest absolute Gasteiger partial charge is 0.0954 e. The van der Waals surface area contributed by atoms with Gasteiger partial charge in [0.1, 0.15) is 0 Å². The predicted molar refractivity (Wildman–Crippen MR) is 57.2 cm³/mol. The van der Waals surface area contributed by atoms with Gasteiger partial charge in [0.05, 0.1) is 5.60 Å². The predicted octanol–water partition coefficient (Wildman–Crippen LogP) is 1.05. The average molecular weight is 208 g/mol. The number of aromatic nitrogens is 1. The second kappa shape index (κ2) is 4.16. The number of ether oxygens (including phenoxy) is 1. The minimum absolute atomic E-state index is 0.574. The number of nitrogens with two attached hydrogens (primary N) is 1. The largest absolute Gasteiger partial charge is 0.398 e. The maximum Gasteiger partial charge on any atom is 0.0954 e. The number of rotatable bonds is 1. The zero-order valence-electron chi connectivity index (χ0n) is 8.65. The van der Waals surface area contributed by atoms with Crippen LogP contribution >= 0.6 is 0 Å². The van der Waals surface area contributed by atoms with E-state index in [9.17, 15) is 5.11 Å². The molecule has 0 saturated carbocycles. The highest BCUT2D eigenvalue weighted by atomic mass is 16.5. The lowest BCUT2D eigenvalue weighted by Crippen LogP contribution is -2.27. The minimum atomic E-state index is -0.866. The summed E-state index contributed by atoms with van der Waals surface area (Å²) in [7, 11) is 0. The molecular formula is C11H16N2O2. The Kier molecular flexibility index (Phi) is 2.88. The molecule has 3 N–H and O–H groups in total. The van der Waals surface area contributed by atoms with Crippen LogP contribution < -0.4 is 5.73 Å². The van der Waals surface area contributed by atoms with E-state index in [4.69, 9.17) is 10.5 Å². The molecule has 0 spiro atoms. The molecule has 0 amide bonds. The van der Waals surface area contributed by atoms with Gasteiger partial charge in [-0.15, -0.1) is 0 Å². The quantitative estimate of drug-likeness (QED) is 0.724. The summed E-state index contributed by atoms with van der Waals surface area (Å²) in [5, 5.41) is 10.5. The first-order chi connectivity index (χ1) is 7.22. The van der Waals surface area contributed by atoms with Crippen LogP contribution in [0.25, 0.3) is 0 Å². The van der Waals surface area contributed by atoms with E-state index in [2.05, 4.69) is 4.98 Å². The van der Waals surface area contributed by atoms with Gasteiger partial charge in [-0.3, -0.25) is 4.98 Å². The Bertz CT molecular complexity index is 333. The number of aliphatic hydroxyl groups is 1. The molecule has 82 valence electrons. The van der Waals surface area contributed by atoms with Crippen LogP contribution in [0.3, 0.4) is 0 Å². The van der Waals surface area contributed by atoms with Gasteiger partial charge in [0.15, 0.2) is 0 Å². The van der Waals surface area contributed by atoms with Crippen LogP contribution in [-0.2, 0) is 10.3 Å². The standard InChI is InChI=1S/C11H16N2O2/c12-10-2-5-13-8-9(10)11(14)3-1-6-15-7-4-11/h2,5,8,14H,1,3-4,6-7H2,(H2,12,13). The van der Waals surface area contributed by atoms with E-state index in [1.54, 1.807) is 18.5 Å². The molecule has 0 aliphatic carbocycles. The molecule has 4 nitrogen and oxygen atoms in total. The first kappa shape index (κ1) is 10.4. The van der Waals surface area contributed by atoms with Crippen molar-refractivity contribution in [2.75, 3.05) is 18.9 Å². The first-order valence-electron chi connectivity index (χ1n) is 5.22. The normalized spacial score (nSPS) is 27.3. The van der Waals surface area contributed by atoms with Crippen LogP contribution in [-0.4, -0.2) is 23.3 Å². The van der Waals surface area contributed by atoms with Crippen LogP contribution in [0.1, 0.15) is 24.8 Å². The van der Waals surface area contributed by atoms with Crippen molar-refractivity contribution in [3.8, 4) is 0 Å². The van der Waals surface area contributed by atoms with Gasteiger partial charge < -0.3 is 15.6 Å². The number of nitrogen functional groups attached to an aromatic ring is 1. The SMILES string of the molecule is Nc1ccncc1C1(O)CCCOCC1. The fourth-order valence-electron chi connectivity index (χ4n) is 2.00. The van der Waals surface area contributed by atoms with E-state index in [1.807, 2.05) is 0 Å². The zero-order valence-corrected chi connectivity index (χ0v) is 8.65. The molecule has 1 aliphatic rings. The van der Waals surface area contributed by atoms with E-state index in [-0.39, 0.29) is 0 Å². The van der Waals surface area contributed by atoms with Crippen molar-refractivity contribution in [2.45, 2.75) is 24.9 Å². The molecule has 15 heavy (non-hydrogen) atoms. The van der Waals surface area contributed by atoms with Gasteiger partial charge in [-0.25, -0.2) is 0 Å². The highest BCUT2D eigenvalue weighted by Crippen LogP contribution is 2.34. The summed E-state index contributed by atoms with van der Waals surface area (Å²) < 4.78 is 5.33. The van der Waals surface area contributed by atoms with Gasteiger partial charge in [-0.2, -0.15) is 0 Å². The van der Waals surface area contributed by atoms with Crippen LogP contribution in [0.4, 0.5) is 5.69 Å². The second-order valence-corrected chi connectivity index (χ2v) is 3.96. The summed E-state index contributed by atoms with van der Waals surface area (Å²) in [6.45, 7) is 1.29. The molecule has 0 radical (unpaired) electrons. The fourth-order valence-corrected chi connectivity index (χ4v) is 2.00. The zero-order chi connectivity index (χ0) is 10.7. The van der Waals surface area contributed by atoms with E-state index in [0.717, 1.165) is 12.0 Å². The van der Waals surface area contributed by atoms with Crippen LogP contribution in [0.5, 0.6) is 0 Å². The summed E-state index contributed by atoms with van der Waals surface area (Å²) in [5.41, 5.74) is 6.32. The Balaban J connectivity index is 2.30. The Morgan fingerprint density at radius 2 is 2.27 bits per heavy atom. The van der Waals surface area contributed by atoms with E-state index < -0.39 is 5.60 Å². The molecule has 0 bridgehead atoms. The van der Waals surface area contributed by atoms with Gasteiger partial charge >= 0.3 is 0 Å². The van der Waals surface area contributed by atoms with Crippen molar-refractivity contribution in [3.05, 3.63) is 24.0 Å². The number of hydrogen-bond acceptors (Lipinski definition) is 4. The van der Waals surface area contributed by atoms with E-state index in [1.165, 1.54) is 0 Å². The third-order valence-electron chi connectivity index (χ3n) is 2.90. The highest BCUT2D eigenvalue weighted by Gasteiger charge is 2.32. The number of pyridine rings is 1. The Morgan fingerprint density at radius 3 is 3.07 bits per heavy atom. The summed E-state index contributed by atoms with van der Waals surface area (Å²) >= 11 is 0. The van der Waals surface area contributed by atoms with Gasteiger partial charge in [0, 0.05) is 43.3 Å². The molecule has 2 heterocycles. The van der Waals surface area contributed by atoms with Crippen molar-refractivity contribution in [1.29, 1.82) is 0 Å². The monoisotopic (exact) mass is 208 g/mol. The summed E-state index contributed by atoms with van der Waals surface area (Å²) in [6, 6.07) is 1.72. The Labute approximate surface area is 89.1 Å². The first-order valence-corrected chi connectivity index (χ1v) is 5.22. The van der Waals surface area contributed by atoms with Crippen LogP contribution in [0.2, 0.25) is 0 Å². The third-order valence-corrected chi connectivity index (χ3v) is 2.90. The molecule has 1 atom stereocenters. The minimum Gasteiger partial charge on any atom is -0.398 e. The molecule has 1 unspecified atom stereocenters. The van der Waals surface area contributed by atoms with E-state index >= 15 is 0 Å². The summed E-state index contributed by atoms with van der Waals surface area (Å²) in [5.74, 6) is 0. The maximum atomic E-state index is 10.5. The van der Waals surface area contributed by atoms with Crippen molar-refractivity contribution < 1.29 is 9.84 Å². The summed E-state index contributed by atoms with van der Waals surface area (Å²) in [6.07, 6.45) is 5.41. The van der Waals surface area contributed by atoms with Gasteiger partial charge in [0.25, 0.3) is 0 Å². The topological polar surface area (TPSA) is 68.4 Å². The molecule has 1 aromatic heterocycles. The third kappa shape index (κ3) is 2.11. The summed E-state index contributed by atoms with van der Waals surface area (Å²) in [4.78, 5) is 4.02. The Hall–Kier alpha value is -1.13. The lowest BCUT2D eigenvalue weighted by atomic mass is 9.87. The molecule has 2 rings (SSSR count). The number of anilines is 1. The lowest BCUT2D eigenvalue weighted by Gasteiger charge is -2.27. The molecule has 4 heteroatoms. The van der Waals surface area contributed by atoms with Crippen LogP contribution in [0, 0.1) is 0 Å².